The molecule has 0 spiro atoms. The van der Waals surface area contributed by atoms with E-state index in [1.807, 2.05) is 13.8 Å². The normalized spacial score (nSPS) is 10.5. The zero-order valence-corrected chi connectivity index (χ0v) is 14.6. The van der Waals surface area contributed by atoms with E-state index in [-0.39, 0.29) is 0 Å². The van der Waals surface area contributed by atoms with Gasteiger partial charge in [-0.15, -0.1) is 0 Å². The van der Waals surface area contributed by atoms with Crippen molar-refractivity contribution >= 4 is 21.2 Å². The molecular formula is C15H26O6Si. The van der Waals surface area contributed by atoms with Gasteiger partial charge >= 0.3 is 21.2 Å². The first-order chi connectivity index (χ1) is 10.6. The largest absolute Gasteiger partial charge is 0.422 e. The Balaban J connectivity index is 4.50. The first-order valence-corrected chi connectivity index (χ1v) is 9.22. The van der Waals surface area contributed by atoms with Gasteiger partial charge in [0.05, 0.1) is 0 Å². The van der Waals surface area contributed by atoms with E-state index < -0.39 is 27.5 Å². The van der Waals surface area contributed by atoms with Crippen molar-refractivity contribution in [1.82, 2.24) is 0 Å². The van der Waals surface area contributed by atoms with E-state index in [1.54, 1.807) is 0 Å². The van der Waals surface area contributed by atoms with Gasteiger partial charge in [-0.05, 0) is 18.9 Å². The van der Waals surface area contributed by atoms with E-state index >= 15 is 0 Å². The summed E-state index contributed by atoms with van der Waals surface area (Å²) in [5.41, 5.74) is 0. The molecule has 0 aliphatic rings. The smallest absolute Gasteiger partial charge is 0.333 e. The van der Waals surface area contributed by atoms with Gasteiger partial charge < -0.3 is 18.3 Å². The molecule has 0 aromatic carbocycles. The number of hydrogen-bond acceptors (Lipinski definition) is 6. The summed E-state index contributed by atoms with van der Waals surface area (Å²) >= 11 is 0. The van der Waals surface area contributed by atoms with E-state index in [2.05, 4.69) is 13.2 Å². The van der Waals surface area contributed by atoms with E-state index in [9.17, 15) is 9.59 Å². The summed E-state index contributed by atoms with van der Waals surface area (Å²) < 4.78 is 21.4. The average Bonchev–Trinajstić information content (AvgIpc) is 2.53. The summed E-state index contributed by atoms with van der Waals surface area (Å²) in [6, 6.07) is 0.569. The van der Waals surface area contributed by atoms with E-state index in [0.29, 0.717) is 25.7 Å². The van der Waals surface area contributed by atoms with Crippen LogP contribution in [0.25, 0.3) is 0 Å². The van der Waals surface area contributed by atoms with Gasteiger partial charge in [-0.3, -0.25) is 0 Å². The molecule has 0 amide bonds. The molecule has 7 heteroatoms. The fourth-order valence-corrected chi connectivity index (χ4v) is 3.45. The minimum atomic E-state index is -1.87. The molecule has 0 radical (unpaired) electrons. The standard InChI is InChI=1S/C15H26O6Si/c1-5-10-18-22(19-11-6-2)12-9-15(20-13(16)7-3)21-14(17)8-4/h7-8,15,22H,3-6,9-12H2,1-2H3. The lowest BCUT2D eigenvalue weighted by Crippen LogP contribution is -2.29. The van der Waals surface area contributed by atoms with Gasteiger partial charge in [-0.1, -0.05) is 27.0 Å². The Morgan fingerprint density at radius 1 is 1.00 bits per heavy atom. The molecule has 0 saturated heterocycles. The summed E-state index contributed by atoms with van der Waals surface area (Å²) in [5.74, 6) is -1.30. The van der Waals surface area contributed by atoms with Crippen LogP contribution in [0.5, 0.6) is 0 Å². The molecule has 0 aliphatic heterocycles. The van der Waals surface area contributed by atoms with Crippen LogP contribution in [0.15, 0.2) is 25.3 Å². The molecule has 0 unspecified atom stereocenters. The zero-order valence-electron chi connectivity index (χ0n) is 13.4. The lowest BCUT2D eigenvalue weighted by molar-refractivity contribution is -0.181. The van der Waals surface area contributed by atoms with Crippen LogP contribution in [0.4, 0.5) is 0 Å². The average molecular weight is 330 g/mol. The minimum absolute atomic E-state index is 0.323. The number of carbonyl (C=O) groups excluding carboxylic acids is 2. The van der Waals surface area contributed by atoms with Crippen LogP contribution in [0.3, 0.4) is 0 Å². The molecule has 6 nitrogen and oxygen atoms in total. The van der Waals surface area contributed by atoms with Gasteiger partial charge in [0, 0.05) is 31.8 Å². The highest BCUT2D eigenvalue weighted by Crippen LogP contribution is 2.11. The Morgan fingerprint density at radius 2 is 1.45 bits per heavy atom. The van der Waals surface area contributed by atoms with Gasteiger partial charge in [0.2, 0.25) is 6.29 Å². The third-order valence-corrected chi connectivity index (χ3v) is 4.50. The summed E-state index contributed by atoms with van der Waals surface area (Å²) in [6.07, 6.45) is 3.18. The summed E-state index contributed by atoms with van der Waals surface area (Å²) in [5, 5.41) is 0. The number of carbonyl (C=O) groups is 2. The van der Waals surface area contributed by atoms with Gasteiger partial charge in [0.25, 0.3) is 0 Å². The second kappa shape index (κ2) is 13.2. The van der Waals surface area contributed by atoms with Crippen LogP contribution < -0.4 is 0 Å². The Hall–Kier alpha value is -1.44. The second-order valence-corrected chi connectivity index (χ2v) is 6.56. The Kier molecular flexibility index (Phi) is 12.4. The van der Waals surface area contributed by atoms with Crippen LogP contribution in [0.1, 0.15) is 33.1 Å². The molecule has 0 aliphatic carbocycles. The molecule has 0 heterocycles. The second-order valence-electron chi connectivity index (χ2n) is 4.46. The van der Waals surface area contributed by atoms with Gasteiger partial charge in [0.15, 0.2) is 0 Å². The highest BCUT2D eigenvalue weighted by Gasteiger charge is 2.21. The first-order valence-electron chi connectivity index (χ1n) is 7.46. The van der Waals surface area contributed by atoms with Gasteiger partial charge in [0.1, 0.15) is 0 Å². The molecule has 0 saturated carbocycles. The van der Waals surface area contributed by atoms with Crippen molar-refractivity contribution in [3.8, 4) is 0 Å². The van der Waals surface area contributed by atoms with Gasteiger partial charge in [-0.25, -0.2) is 9.59 Å². The van der Waals surface area contributed by atoms with Crippen LogP contribution in [0, 0.1) is 0 Å². The maximum Gasteiger partial charge on any atom is 0.333 e. The molecule has 126 valence electrons. The molecule has 0 rings (SSSR count). The van der Waals surface area contributed by atoms with Crippen molar-refractivity contribution in [3.63, 3.8) is 0 Å². The quantitative estimate of drug-likeness (QED) is 0.223. The van der Waals surface area contributed by atoms with Crippen LogP contribution >= 0.6 is 0 Å². The molecule has 0 fully saturated rings. The van der Waals surface area contributed by atoms with Crippen LogP contribution in [-0.4, -0.2) is 40.7 Å². The fraction of sp³-hybridized carbons (Fsp3) is 0.600. The van der Waals surface area contributed by atoms with Crippen molar-refractivity contribution in [3.05, 3.63) is 25.3 Å². The van der Waals surface area contributed by atoms with Gasteiger partial charge in [-0.2, -0.15) is 0 Å². The predicted molar refractivity (Wildman–Crippen MR) is 85.4 cm³/mol. The molecule has 0 aromatic rings. The fourth-order valence-electron chi connectivity index (χ4n) is 1.48. The SMILES string of the molecule is C=CC(=O)OC(CC[SiH](OCCC)OCCC)OC(=O)C=C. The first kappa shape index (κ1) is 20.6. The molecule has 0 aromatic heterocycles. The van der Waals surface area contributed by atoms with Crippen molar-refractivity contribution in [1.29, 1.82) is 0 Å². The number of hydrogen-bond donors (Lipinski definition) is 0. The zero-order chi connectivity index (χ0) is 16.8. The summed E-state index contributed by atoms with van der Waals surface area (Å²) in [4.78, 5) is 22.5. The Morgan fingerprint density at radius 3 is 1.82 bits per heavy atom. The van der Waals surface area contributed by atoms with Crippen molar-refractivity contribution < 1.29 is 27.9 Å². The van der Waals surface area contributed by atoms with Crippen molar-refractivity contribution in [2.45, 2.75) is 45.4 Å². The number of ether oxygens (including phenoxy) is 2. The van der Waals surface area contributed by atoms with Crippen LogP contribution in [0.2, 0.25) is 6.04 Å². The lowest BCUT2D eigenvalue weighted by atomic mass is 10.4. The molecular weight excluding hydrogens is 304 g/mol. The molecule has 0 N–H and O–H groups in total. The highest BCUT2D eigenvalue weighted by atomic mass is 28.3. The summed E-state index contributed by atoms with van der Waals surface area (Å²) in [7, 11) is -1.87. The molecule has 22 heavy (non-hydrogen) atoms. The van der Waals surface area contributed by atoms with Crippen LogP contribution in [-0.2, 0) is 27.9 Å². The third-order valence-electron chi connectivity index (χ3n) is 2.48. The monoisotopic (exact) mass is 330 g/mol. The molecule has 0 bridgehead atoms. The predicted octanol–water partition coefficient (Wildman–Crippen LogP) is 2.23. The maximum atomic E-state index is 11.3. The van der Waals surface area contributed by atoms with E-state index in [0.717, 1.165) is 25.0 Å². The van der Waals surface area contributed by atoms with Crippen molar-refractivity contribution in [2.75, 3.05) is 13.2 Å². The van der Waals surface area contributed by atoms with E-state index in [1.165, 1.54) is 0 Å². The molecule has 0 atom stereocenters. The maximum absolute atomic E-state index is 11.3. The van der Waals surface area contributed by atoms with E-state index in [4.69, 9.17) is 18.3 Å². The third kappa shape index (κ3) is 10.3. The summed E-state index contributed by atoms with van der Waals surface area (Å²) in [6.45, 7) is 11.9. The number of esters is 2. The topological polar surface area (TPSA) is 71.1 Å². The number of rotatable bonds is 13. The van der Waals surface area contributed by atoms with Crippen molar-refractivity contribution in [2.24, 2.45) is 0 Å². The Bertz CT molecular complexity index is 328. The Labute approximate surface area is 133 Å². The lowest BCUT2D eigenvalue weighted by Gasteiger charge is -2.20. The minimum Gasteiger partial charge on any atom is -0.422 e. The highest BCUT2D eigenvalue weighted by molar-refractivity contribution is 6.44.